The number of aliphatic hydroxyl groups is 1. The third-order valence-corrected chi connectivity index (χ3v) is 4.67. The maximum atomic E-state index is 10.8. The molecule has 3 nitrogen and oxygen atoms in total. The summed E-state index contributed by atoms with van der Waals surface area (Å²) < 4.78 is 2.21. The van der Waals surface area contributed by atoms with Crippen LogP contribution in [0.15, 0.2) is 48.5 Å². The second kappa shape index (κ2) is 5.07. The van der Waals surface area contributed by atoms with Gasteiger partial charge < -0.3 is 9.67 Å². The van der Waals surface area contributed by atoms with Gasteiger partial charge in [0.05, 0.1) is 22.8 Å². The van der Waals surface area contributed by atoms with Crippen molar-refractivity contribution in [3.8, 4) is 0 Å². The summed E-state index contributed by atoms with van der Waals surface area (Å²) >= 11 is 0. The van der Waals surface area contributed by atoms with Gasteiger partial charge >= 0.3 is 0 Å². The number of pyridine rings is 1. The summed E-state index contributed by atoms with van der Waals surface area (Å²) in [5.41, 5.74) is 4.02. The second-order valence-electron chi connectivity index (χ2n) is 6.50. The van der Waals surface area contributed by atoms with Gasteiger partial charge in [-0.3, -0.25) is 0 Å². The van der Waals surface area contributed by atoms with E-state index < -0.39 is 6.10 Å². The molecule has 3 heteroatoms. The van der Waals surface area contributed by atoms with Crippen LogP contribution in [0.4, 0.5) is 0 Å². The van der Waals surface area contributed by atoms with Crippen LogP contribution in [0.2, 0.25) is 0 Å². The Morgan fingerprint density at radius 2 is 1.61 bits per heavy atom. The minimum absolute atomic E-state index is 0.117. The highest BCUT2D eigenvalue weighted by Crippen LogP contribution is 2.38. The minimum Gasteiger partial charge on any atom is -0.387 e. The molecule has 0 fully saturated rings. The maximum Gasteiger partial charge on any atom is 0.0989 e. The Morgan fingerprint density at radius 3 is 2.35 bits per heavy atom. The fraction of sp³-hybridized carbons (Fsp3) is 0.250. The molecule has 4 rings (SSSR count). The molecule has 0 radical (unpaired) electrons. The summed E-state index contributed by atoms with van der Waals surface area (Å²) in [7, 11) is 2.09. The van der Waals surface area contributed by atoms with E-state index in [-0.39, 0.29) is 5.92 Å². The monoisotopic (exact) mass is 304 g/mol. The lowest BCUT2D eigenvalue weighted by atomic mass is 9.98. The Bertz CT molecular complexity index is 1030. The van der Waals surface area contributed by atoms with Gasteiger partial charge in [-0.05, 0) is 18.1 Å². The van der Waals surface area contributed by atoms with E-state index in [1.807, 2.05) is 38.1 Å². The summed E-state index contributed by atoms with van der Waals surface area (Å²) in [5, 5.41) is 14.1. The molecule has 0 saturated heterocycles. The maximum absolute atomic E-state index is 10.8. The zero-order valence-electron chi connectivity index (χ0n) is 13.6. The highest BCUT2D eigenvalue weighted by molar-refractivity contribution is 6.17. The number of hydrogen-bond acceptors (Lipinski definition) is 2. The van der Waals surface area contributed by atoms with Gasteiger partial charge in [0.15, 0.2) is 0 Å². The van der Waals surface area contributed by atoms with Crippen LogP contribution >= 0.6 is 0 Å². The standard InChI is InChI=1S/C20H20N2O/c1-12(2)20(23)18-17-14-9-5-7-11-16(14)22(3)19(17)13-8-4-6-10-15(13)21-18/h4-12,20,23H,1-3H3. The average molecular weight is 304 g/mol. The lowest BCUT2D eigenvalue weighted by molar-refractivity contribution is 0.124. The molecule has 0 saturated carbocycles. The first-order chi connectivity index (χ1) is 11.1. The fourth-order valence-electron chi connectivity index (χ4n) is 3.45. The van der Waals surface area contributed by atoms with E-state index in [0.717, 1.165) is 38.4 Å². The molecule has 4 aromatic rings. The number of nitrogens with zero attached hydrogens (tertiary/aromatic N) is 2. The average Bonchev–Trinajstić information content (AvgIpc) is 2.87. The van der Waals surface area contributed by atoms with Crippen molar-refractivity contribution in [3.05, 3.63) is 54.2 Å². The van der Waals surface area contributed by atoms with Crippen LogP contribution in [0.3, 0.4) is 0 Å². The number of aromatic nitrogens is 2. The molecule has 1 atom stereocenters. The van der Waals surface area contributed by atoms with E-state index in [4.69, 9.17) is 4.98 Å². The van der Waals surface area contributed by atoms with Crippen LogP contribution in [0.25, 0.3) is 32.7 Å². The predicted molar refractivity (Wildman–Crippen MR) is 95.5 cm³/mol. The van der Waals surface area contributed by atoms with Crippen LogP contribution in [0.1, 0.15) is 25.6 Å². The topological polar surface area (TPSA) is 38.1 Å². The highest BCUT2D eigenvalue weighted by Gasteiger charge is 2.22. The quantitative estimate of drug-likeness (QED) is 0.589. The molecular formula is C20H20N2O. The number of aryl methyl sites for hydroxylation is 1. The lowest BCUT2D eigenvalue weighted by Gasteiger charge is -2.16. The molecule has 1 N–H and O–H groups in total. The van der Waals surface area contributed by atoms with Gasteiger partial charge in [-0.2, -0.15) is 0 Å². The summed E-state index contributed by atoms with van der Waals surface area (Å²) in [4.78, 5) is 4.82. The van der Waals surface area contributed by atoms with E-state index in [2.05, 4.69) is 35.9 Å². The first kappa shape index (κ1) is 14.2. The van der Waals surface area contributed by atoms with Crippen molar-refractivity contribution in [1.82, 2.24) is 9.55 Å². The summed E-state index contributed by atoms with van der Waals surface area (Å²) in [6.45, 7) is 4.05. The molecule has 0 bridgehead atoms. The second-order valence-corrected chi connectivity index (χ2v) is 6.50. The predicted octanol–water partition coefficient (Wildman–Crippen LogP) is 4.57. The summed E-state index contributed by atoms with van der Waals surface area (Å²) in [6, 6.07) is 16.5. The summed E-state index contributed by atoms with van der Waals surface area (Å²) in [6.07, 6.45) is -0.576. The molecule has 23 heavy (non-hydrogen) atoms. The molecule has 1 unspecified atom stereocenters. The molecule has 0 spiro atoms. The van der Waals surface area contributed by atoms with Crippen molar-refractivity contribution in [2.75, 3.05) is 0 Å². The highest BCUT2D eigenvalue weighted by atomic mass is 16.3. The van der Waals surface area contributed by atoms with Gasteiger partial charge in [0.2, 0.25) is 0 Å². The Balaban J connectivity index is 2.29. The van der Waals surface area contributed by atoms with Gasteiger partial charge in [-0.1, -0.05) is 50.2 Å². The van der Waals surface area contributed by atoms with Crippen LogP contribution < -0.4 is 0 Å². The number of para-hydroxylation sites is 2. The van der Waals surface area contributed by atoms with E-state index >= 15 is 0 Å². The summed E-state index contributed by atoms with van der Waals surface area (Å²) in [5.74, 6) is 0.117. The zero-order valence-corrected chi connectivity index (χ0v) is 13.6. The molecule has 2 aromatic heterocycles. The van der Waals surface area contributed by atoms with Crippen LogP contribution in [0, 0.1) is 5.92 Å². The Labute approximate surface area is 135 Å². The van der Waals surface area contributed by atoms with E-state index in [9.17, 15) is 5.11 Å². The first-order valence-corrected chi connectivity index (χ1v) is 8.03. The zero-order chi connectivity index (χ0) is 16.1. The number of hydrogen-bond donors (Lipinski definition) is 1. The van der Waals surface area contributed by atoms with Gasteiger partial charge in [0.1, 0.15) is 0 Å². The number of aliphatic hydroxyl groups excluding tert-OH is 1. The first-order valence-electron chi connectivity index (χ1n) is 8.03. The number of benzene rings is 2. The molecule has 2 aromatic carbocycles. The Hall–Kier alpha value is -2.39. The van der Waals surface area contributed by atoms with Gasteiger partial charge in [0.25, 0.3) is 0 Å². The van der Waals surface area contributed by atoms with Crippen molar-refractivity contribution < 1.29 is 5.11 Å². The molecular weight excluding hydrogens is 284 g/mol. The molecule has 0 aliphatic carbocycles. The fourth-order valence-corrected chi connectivity index (χ4v) is 3.45. The smallest absolute Gasteiger partial charge is 0.0989 e. The minimum atomic E-state index is -0.576. The molecule has 0 aliphatic heterocycles. The largest absolute Gasteiger partial charge is 0.387 e. The molecule has 116 valence electrons. The molecule has 0 amide bonds. The van der Waals surface area contributed by atoms with E-state index in [1.165, 1.54) is 0 Å². The van der Waals surface area contributed by atoms with Crippen molar-refractivity contribution in [3.63, 3.8) is 0 Å². The SMILES string of the molecule is CC(C)C(O)c1nc2ccccc2c2c1c1ccccc1n2C. The number of rotatable bonds is 2. The van der Waals surface area contributed by atoms with Crippen molar-refractivity contribution in [2.45, 2.75) is 20.0 Å². The lowest BCUT2D eigenvalue weighted by Crippen LogP contribution is -2.08. The van der Waals surface area contributed by atoms with Crippen molar-refractivity contribution in [1.29, 1.82) is 0 Å². The van der Waals surface area contributed by atoms with Crippen LogP contribution in [0.5, 0.6) is 0 Å². The third kappa shape index (κ3) is 1.97. The van der Waals surface area contributed by atoms with Gasteiger partial charge in [-0.15, -0.1) is 0 Å². The van der Waals surface area contributed by atoms with Crippen LogP contribution in [-0.2, 0) is 7.05 Å². The third-order valence-electron chi connectivity index (χ3n) is 4.67. The van der Waals surface area contributed by atoms with E-state index in [0.29, 0.717) is 0 Å². The van der Waals surface area contributed by atoms with E-state index in [1.54, 1.807) is 0 Å². The van der Waals surface area contributed by atoms with Crippen molar-refractivity contribution in [2.24, 2.45) is 13.0 Å². The Kier molecular flexibility index (Phi) is 3.13. The van der Waals surface area contributed by atoms with Crippen LogP contribution in [-0.4, -0.2) is 14.7 Å². The molecule has 0 aliphatic rings. The number of fused-ring (bicyclic) bond motifs is 5. The van der Waals surface area contributed by atoms with Gasteiger partial charge in [0, 0.05) is 28.7 Å². The molecule has 2 heterocycles. The van der Waals surface area contributed by atoms with Gasteiger partial charge in [-0.25, -0.2) is 4.98 Å². The normalized spacial score (nSPS) is 13.4. The van der Waals surface area contributed by atoms with Crippen molar-refractivity contribution >= 4 is 32.7 Å². The Morgan fingerprint density at radius 1 is 0.957 bits per heavy atom.